The maximum absolute atomic E-state index is 12.2. The Morgan fingerprint density at radius 1 is 1.14 bits per heavy atom. The predicted molar refractivity (Wildman–Crippen MR) is 86.4 cm³/mol. The molecule has 0 aliphatic rings. The molecule has 0 fully saturated rings. The number of carbonyl (C=O) groups is 1. The number of pyridine rings is 1. The molecule has 2 heterocycles. The molecule has 4 nitrogen and oxygen atoms in total. The maximum atomic E-state index is 12.2. The monoisotopic (exact) mass is 291 g/mol. The molecule has 1 aromatic carbocycles. The van der Waals surface area contributed by atoms with Crippen LogP contribution in [-0.2, 0) is 6.54 Å². The number of nitrogens with zero attached hydrogens (tertiary/aromatic N) is 1. The van der Waals surface area contributed by atoms with Crippen molar-refractivity contribution in [3.8, 4) is 11.1 Å². The number of carbonyl (C=O) groups excluding carboxylic acids is 1. The molecule has 2 aromatic heterocycles. The second-order valence-electron chi connectivity index (χ2n) is 5.21. The lowest BCUT2D eigenvalue weighted by Gasteiger charge is -2.07. The molecule has 0 aliphatic heterocycles. The molecule has 0 atom stereocenters. The van der Waals surface area contributed by atoms with E-state index in [1.54, 1.807) is 12.4 Å². The van der Waals surface area contributed by atoms with Crippen LogP contribution in [0.5, 0.6) is 0 Å². The zero-order valence-electron chi connectivity index (χ0n) is 12.3. The van der Waals surface area contributed by atoms with Crippen molar-refractivity contribution in [2.75, 3.05) is 0 Å². The van der Waals surface area contributed by atoms with Crippen LogP contribution in [0.15, 0.2) is 61.1 Å². The summed E-state index contributed by atoms with van der Waals surface area (Å²) in [6.07, 6.45) is 5.20. The molecule has 0 spiro atoms. The summed E-state index contributed by atoms with van der Waals surface area (Å²) >= 11 is 0. The van der Waals surface area contributed by atoms with Crippen molar-refractivity contribution in [3.05, 3.63) is 77.9 Å². The van der Waals surface area contributed by atoms with Gasteiger partial charge in [0.25, 0.3) is 5.91 Å². The van der Waals surface area contributed by atoms with E-state index >= 15 is 0 Å². The zero-order valence-corrected chi connectivity index (χ0v) is 12.3. The second-order valence-corrected chi connectivity index (χ2v) is 5.21. The SMILES string of the molecule is Cc1cccc(-c2cncc(C(=O)NCc3ccc[nH]3)c2)c1. The molecule has 2 N–H and O–H groups in total. The first-order valence-electron chi connectivity index (χ1n) is 7.15. The first kappa shape index (κ1) is 14.1. The summed E-state index contributed by atoms with van der Waals surface area (Å²) in [4.78, 5) is 19.5. The van der Waals surface area contributed by atoms with Crippen molar-refractivity contribution in [3.63, 3.8) is 0 Å². The van der Waals surface area contributed by atoms with Crippen LogP contribution in [0.1, 0.15) is 21.6 Å². The van der Waals surface area contributed by atoms with Gasteiger partial charge in [-0.25, -0.2) is 0 Å². The number of nitrogens with one attached hydrogen (secondary N) is 2. The minimum absolute atomic E-state index is 0.128. The summed E-state index contributed by atoms with van der Waals surface area (Å²) in [5.41, 5.74) is 4.71. The highest BCUT2D eigenvalue weighted by Gasteiger charge is 2.08. The van der Waals surface area contributed by atoms with Gasteiger partial charge in [0.05, 0.1) is 12.1 Å². The third kappa shape index (κ3) is 3.23. The fraction of sp³-hybridized carbons (Fsp3) is 0.111. The lowest BCUT2D eigenvalue weighted by molar-refractivity contribution is 0.0950. The molecule has 0 bridgehead atoms. The summed E-state index contributed by atoms with van der Waals surface area (Å²) in [6.45, 7) is 2.52. The van der Waals surface area contributed by atoms with Gasteiger partial charge in [-0.15, -0.1) is 0 Å². The topological polar surface area (TPSA) is 57.8 Å². The van der Waals surface area contributed by atoms with E-state index < -0.39 is 0 Å². The van der Waals surface area contributed by atoms with Gasteiger partial charge in [0.1, 0.15) is 0 Å². The molecule has 110 valence electrons. The average Bonchev–Trinajstić information content (AvgIpc) is 3.06. The highest BCUT2D eigenvalue weighted by atomic mass is 16.1. The number of aromatic amines is 1. The molecular formula is C18H17N3O. The lowest BCUT2D eigenvalue weighted by atomic mass is 10.0. The summed E-state index contributed by atoms with van der Waals surface area (Å²) in [6, 6.07) is 13.9. The zero-order chi connectivity index (χ0) is 15.4. The van der Waals surface area contributed by atoms with Crippen LogP contribution in [0.4, 0.5) is 0 Å². The molecule has 0 saturated heterocycles. The number of aryl methyl sites for hydroxylation is 1. The van der Waals surface area contributed by atoms with E-state index in [1.165, 1.54) is 5.56 Å². The van der Waals surface area contributed by atoms with E-state index in [1.807, 2.05) is 49.5 Å². The van der Waals surface area contributed by atoms with Crippen molar-refractivity contribution < 1.29 is 4.79 Å². The first-order chi connectivity index (χ1) is 10.7. The molecule has 0 saturated carbocycles. The van der Waals surface area contributed by atoms with Crippen LogP contribution >= 0.6 is 0 Å². The van der Waals surface area contributed by atoms with Gasteiger partial charge in [0.2, 0.25) is 0 Å². The van der Waals surface area contributed by atoms with Gasteiger partial charge in [0.15, 0.2) is 0 Å². The Morgan fingerprint density at radius 2 is 2.05 bits per heavy atom. The fourth-order valence-corrected chi connectivity index (χ4v) is 2.30. The van der Waals surface area contributed by atoms with Crippen molar-refractivity contribution >= 4 is 5.91 Å². The van der Waals surface area contributed by atoms with Crippen LogP contribution in [0.2, 0.25) is 0 Å². The van der Waals surface area contributed by atoms with Crippen LogP contribution in [0.25, 0.3) is 11.1 Å². The number of benzene rings is 1. The number of H-pyrrole nitrogens is 1. The molecule has 3 aromatic rings. The quantitative estimate of drug-likeness (QED) is 0.774. The third-order valence-corrected chi connectivity index (χ3v) is 3.45. The van der Waals surface area contributed by atoms with E-state index in [-0.39, 0.29) is 5.91 Å². The Morgan fingerprint density at radius 3 is 2.82 bits per heavy atom. The molecule has 4 heteroatoms. The van der Waals surface area contributed by atoms with Gasteiger partial charge < -0.3 is 10.3 Å². The molecule has 0 unspecified atom stereocenters. The number of hydrogen-bond acceptors (Lipinski definition) is 2. The van der Waals surface area contributed by atoms with E-state index in [9.17, 15) is 4.79 Å². The highest BCUT2D eigenvalue weighted by molar-refractivity contribution is 5.95. The molecule has 0 aliphatic carbocycles. The molecular weight excluding hydrogens is 274 g/mol. The average molecular weight is 291 g/mol. The van der Waals surface area contributed by atoms with Gasteiger partial charge >= 0.3 is 0 Å². The Balaban J connectivity index is 1.77. The van der Waals surface area contributed by atoms with Crippen LogP contribution < -0.4 is 5.32 Å². The summed E-state index contributed by atoms with van der Waals surface area (Å²) in [5, 5.41) is 2.88. The van der Waals surface area contributed by atoms with Crippen molar-refractivity contribution in [1.29, 1.82) is 0 Å². The van der Waals surface area contributed by atoms with Gasteiger partial charge in [-0.3, -0.25) is 9.78 Å². The second kappa shape index (κ2) is 6.26. The summed E-state index contributed by atoms with van der Waals surface area (Å²) in [7, 11) is 0. The lowest BCUT2D eigenvalue weighted by Crippen LogP contribution is -2.23. The van der Waals surface area contributed by atoms with E-state index in [0.717, 1.165) is 16.8 Å². The van der Waals surface area contributed by atoms with Crippen molar-refractivity contribution in [2.45, 2.75) is 13.5 Å². The minimum atomic E-state index is -0.128. The molecule has 0 radical (unpaired) electrons. The minimum Gasteiger partial charge on any atom is -0.364 e. The molecule has 3 rings (SSSR count). The normalized spacial score (nSPS) is 10.4. The van der Waals surface area contributed by atoms with Crippen molar-refractivity contribution in [1.82, 2.24) is 15.3 Å². The van der Waals surface area contributed by atoms with Crippen LogP contribution in [-0.4, -0.2) is 15.9 Å². The standard InChI is InChI=1S/C18H17N3O/c1-13-4-2-5-14(8-13)15-9-16(11-19-10-15)18(22)21-12-17-6-3-7-20-17/h2-11,20H,12H2,1H3,(H,21,22). The summed E-state index contributed by atoms with van der Waals surface area (Å²) in [5.74, 6) is -0.128. The fourth-order valence-electron chi connectivity index (χ4n) is 2.30. The van der Waals surface area contributed by atoms with Gasteiger partial charge in [0, 0.05) is 29.8 Å². The number of amides is 1. The van der Waals surface area contributed by atoms with Crippen molar-refractivity contribution in [2.24, 2.45) is 0 Å². The predicted octanol–water partition coefficient (Wildman–Crippen LogP) is 3.32. The third-order valence-electron chi connectivity index (χ3n) is 3.45. The number of hydrogen-bond donors (Lipinski definition) is 2. The highest BCUT2D eigenvalue weighted by Crippen LogP contribution is 2.20. The van der Waals surface area contributed by atoms with Gasteiger partial charge in [-0.1, -0.05) is 29.8 Å². The Labute approximate surface area is 129 Å². The molecule has 22 heavy (non-hydrogen) atoms. The smallest absolute Gasteiger partial charge is 0.253 e. The maximum Gasteiger partial charge on any atom is 0.253 e. The van der Waals surface area contributed by atoms with E-state index in [4.69, 9.17) is 0 Å². The van der Waals surface area contributed by atoms with E-state index in [0.29, 0.717) is 12.1 Å². The van der Waals surface area contributed by atoms with Crippen LogP contribution in [0, 0.1) is 6.92 Å². The van der Waals surface area contributed by atoms with Gasteiger partial charge in [-0.2, -0.15) is 0 Å². The Bertz CT molecular complexity index is 779. The Kier molecular flexibility index (Phi) is 4.01. The summed E-state index contributed by atoms with van der Waals surface area (Å²) < 4.78 is 0. The van der Waals surface area contributed by atoms with Crippen LogP contribution in [0.3, 0.4) is 0 Å². The van der Waals surface area contributed by atoms with Gasteiger partial charge in [-0.05, 0) is 30.7 Å². The van der Waals surface area contributed by atoms with E-state index in [2.05, 4.69) is 21.4 Å². The number of rotatable bonds is 4. The first-order valence-corrected chi connectivity index (χ1v) is 7.15. The Hall–Kier alpha value is -2.88. The molecule has 1 amide bonds. The largest absolute Gasteiger partial charge is 0.364 e. The number of aromatic nitrogens is 2.